The first-order valence-electron chi connectivity index (χ1n) is 5.20. The summed E-state index contributed by atoms with van der Waals surface area (Å²) in [4.78, 5) is 19.5. The average molecular weight is 272 g/mol. The fourth-order valence-corrected chi connectivity index (χ4v) is 1.44. The maximum atomic E-state index is 11.2. The number of nitrogens with zero attached hydrogens (tertiary/aromatic N) is 3. The summed E-state index contributed by atoms with van der Waals surface area (Å²) in [5, 5.41) is 0. The largest absolute Gasteiger partial charge is 0.479 e. The van der Waals surface area contributed by atoms with Crippen molar-refractivity contribution in [1.29, 1.82) is 0 Å². The molecule has 0 aliphatic heterocycles. The number of hydrogen-bond acceptors (Lipinski definition) is 6. The lowest BCUT2D eigenvalue weighted by molar-refractivity contribution is 0.256. The lowest BCUT2D eigenvalue weighted by atomic mass is 10.2. The molecule has 0 aromatic carbocycles. The second-order valence-electron chi connectivity index (χ2n) is 3.75. The lowest BCUT2D eigenvalue weighted by Gasteiger charge is -2.19. The van der Waals surface area contributed by atoms with E-state index in [-0.39, 0.29) is 23.4 Å². The third kappa shape index (κ3) is 2.76. The monoisotopic (exact) mass is 272 g/mol. The Morgan fingerprint density at radius 2 is 1.72 bits per heavy atom. The molecule has 8 heteroatoms. The van der Waals surface area contributed by atoms with Crippen LogP contribution in [0.1, 0.15) is 25.6 Å². The minimum absolute atomic E-state index is 0.0868. The van der Waals surface area contributed by atoms with Crippen molar-refractivity contribution in [3.63, 3.8) is 0 Å². The van der Waals surface area contributed by atoms with Crippen molar-refractivity contribution in [3.05, 3.63) is 5.82 Å². The van der Waals surface area contributed by atoms with Gasteiger partial charge in [0.05, 0.1) is 14.2 Å². The van der Waals surface area contributed by atoms with Crippen molar-refractivity contribution in [3.8, 4) is 11.8 Å². The van der Waals surface area contributed by atoms with Crippen molar-refractivity contribution in [2.75, 3.05) is 18.5 Å². The minimum Gasteiger partial charge on any atom is -0.479 e. The number of anilines is 1. The van der Waals surface area contributed by atoms with E-state index in [9.17, 15) is 4.79 Å². The number of thiol groups is 1. The molecule has 0 radical (unpaired) electrons. The molecule has 0 bridgehead atoms. The summed E-state index contributed by atoms with van der Waals surface area (Å²) in [5.74, 6) is 0.987. The molecule has 100 valence electrons. The van der Waals surface area contributed by atoms with Gasteiger partial charge in [-0.1, -0.05) is 26.7 Å². The molecular weight excluding hydrogens is 256 g/mol. The van der Waals surface area contributed by atoms with E-state index in [1.54, 1.807) is 0 Å². The fraction of sp³-hybridized carbons (Fsp3) is 0.500. The van der Waals surface area contributed by atoms with E-state index < -0.39 is 6.03 Å². The number of nitrogens with two attached hydrogens (primary N) is 1. The van der Waals surface area contributed by atoms with Crippen LogP contribution in [0.25, 0.3) is 0 Å². The van der Waals surface area contributed by atoms with Gasteiger partial charge in [0, 0.05) is 5.92 Å². The van der Waals surface area contributed by atoms with Crippen LogP contribution in [0.2, 0.25) is 0 Å². The molecule has 0 saturated heterocycles. The summed E-state index contributed by atoms with van der Waals surface area (Å²) in [6, 6.07) is -0.782. The maximum Gasteiger partial charge on any atom is 0.329 e. The number of carbonyl (C=O) groups excluding carboxylic acids is 1. The van der Waals surface area contributed by atoms with Crippen molar-refractivity contribution in [2.45, 2.75) is 19.8 Å². The highest BCUT2D eigenvalue weighted by atomic mass is 32.1. The molecule has 18 heavy (non-hydrogen) atoms. The van der Waals surface area contributed by atoms with Gasteiger partial charge in [-0.15, -0.1) is 0 Å². The van der Waals surface area contributed by atoms with E-state index in [1.165, 1.54) is 14.2 Å². The molecule has 0 unspecified atom stereocenters. The van der Waals surface area contributed by atoms with Crippen LogP contribution in [0, 0.1) is 0 Å². The predicted molar refractivity (Wildman–Crippen MR) is 70.3 cm³/mol. The Morgan fingerprint density at radius 1 is 1.28 bits per heavy atom. The first kappa shape index (κ1) is 14.4. The van der Waals surface area contributed by atoms with Gasteiger partial charge in [0.2, 0.25) is 11.8 Å². The second-order valence-corrected chi connectivity index (χ2v) is 4.15. The van der Waals surface area contributed by atoms with Gasteiger partial charge in [0.15, 0.2) is 5.69 Å². The van der Waals surface area contributed by atoms with E-state index in [4.69, 9.17) is 15.2 Å². The number of ether oxygens (including phenoxy) is 2. The van der Waals surface area contributed by atoms with Gasteiger partial charge in [0.25, 0.3) is 0 Å². The number of aromatic nitrogens is 2. The van der Waals surface area contributed by atoms with E-state index in [0.29, 0.717) is 5.82 Å². The van der Waals surface area contributed by atoms with Crippen LogP contribution in [-0.4, -0.2) is 30.2 Å². The topological polar surface area (TPSA) is 90.6 Å². The minimum atomic E-state index is -0.782. The molecule has 0 saturated carbocycles. The highest BCUT2D eigenvalue weighted by Crippen LogP contribution is 2.36. The highest BCUT2D eigenvalue weighted by molar-refractivity contribution is 7.82. The number of hydrogen-bond donors (Lipinski definition) is 2. The Morgan fingerprint density at radius 3 is 2.00 bits per heavy atom. The Bertz CT molecular complexity index is 428. The molecule has 1 heterocycles. The third-order valence-electron chi connectivity index (χ3n) is 2.16. The average Bonchev–Trinajstić information content (AvgIpc) is 2.35. The van der Waals surface area contributed by atoms with E-state index in [1.807, 2.05) is 13.8 Å². The maximum absolute atomic E-state index is 11.2. The number of amides is 2. The molecule has 0 spiro atoms. The number of primary amides is 1. The first-order chi connectivity index (χ1) is 8.42. The molecule has 0 aliphatic rings. The number of rotatable bonds is 4. The molecule has 7 nitrogen and oxygen atoms in total. The van der Waals surface area contributed by atoms with Crippen LogP contribution in [0.4, 0.5) is 10.5 Å². The van der Waals surface area contributed by atoms with E-state index in [2.05, 4.69) is 22.8 Å². The van der Waals surface area contributed by atoms with Crippen LogP contribution in [-0.2, 0) is 0 Å². The van der Waals surface area contributed by atoms with Gasteiger partial charge in [-0.2, -0.15) is 9.97 Å². The molecule has 1 aromatic rings. The van der Waals surface area contributed by atoms with Gasteiger partial charge in [-0.25, -0.2) is 9.10 Å². The molecule has 0 aliphatic carbocycles. The Kier molecular flexibility index (Phi) is 4.60. The molecule has 2 N–H and O–H groups in total. The van der Waals surface area contributed by atoms with Gasteiger partial charge >= 0.3 is 6.03 Å². The molecule has 0 fully saturated rings. The van der Waals surface area contributed by atoms with Gasteiger partial charge in [-0.3, -0.25) is 0 Å². The van der Waals surface area contributed by atoms with Gasteiger partial charge < -0.3 is 15.2 Å². The second kappa shape index (κ2) is 5.76. The number of urea groups is 1. The van der Waals surface area contributed by atoms with Crippen LogP contribution in [0.3, 0.4) is 0 Å². The van der Waals surface area contributed by atoms with Crippen molar-refractivity contribution >= 4 is 24.5 Å². The summed E-state index contributed by atoms with van der Waals surface area (Å²) in [6.45, 7) is 3.86. The standard InChI is InChI=1S/C10H16N4O3S/c1-5(2)7-12-8(16-3)6(9(13-7)17-4)14(18)10(11)15/h5,18H,1-4H3,(H2,11,15). The molecule has 1 rings (SSSR count). The van der Waals surface area contributed by atoms with Crippen LogP contribution < -0.4 is 19.5 Å². The quantitative estimate of drug-likeness (QED) is 0.807. The zero-order valence-electron chi connectivity index (χ0n) is 10.7. The zero-order chi connectivity index (χ0) is 13.9. The lowest BCUT2D eigenvalue weighted by Crippen LogP contribution is -2.28. The number of methoxy groups -OCH3 is 2. The molecule has 1 aromatic heterocycles. The predicted octanol–water partition coefficient (Wildman–Crippen LogP) is 1.35. The zero-order valence-corrected chi connectivity index (χ0v) is 11.6. The number of carbonyl (C=O) groups is 1. The van der Waals surface area contributed by atoms with Crippen molar-refractivity contribution < 1.29 is 14.3 Å². The summed E-state index contributed by atoms with van der Waals surface area (Å²) < 4.78 is 11.1. The normalized spacial score (nSPS) is 10.3. The fourth-order valence-electron chi connectivity index (χ4n) is 1.26. The Balaban J connectivity index is 3.43. The first-order valence-corrected chi connectivity index (χ1v) is 5.60. The molecular formula is C10H16N4O3S. The summed E-state index contributed by atoms with van der Waals surface area (Å²) in [5.41, 5.74) is 5.34. The van der Waals surface area contributed by atoms with Crippen LogP contribution in [0.15, 0.2) is 0 Å². The van der Waals surface area contributed by atoms with E-state index >= 15 is 0 Å². The van der Waals surface area contributed by atoms with E-state index in [0.717, 1.165) is 4.31 Å². The molecule has 0 atom stereocenters. The Labute approximate surface area is 111 Å². The third-order valence-corrected chi connectivity index (χ3v) is 2.56. The van der Waals surface area contributed by atoms with Crippen LogP contribution >= 0.6 is 12.8 Å². The summed E-state index contributed by atoms with van der Waals surface area (Å²) >= 11 is 3.97. The molecule has 2 amide bonds. The smallest absolute Gasteiger partial charge is 0.329 e. The summed E-state index contributed by atoms with van der Waals surface area (Å²) in [7, 11) is 2.86. The van der Waals surface area contributed by atoms with Gasteiger partial charge in [-0.05, 0) is 0 Å². The van der Waals surface area contributed by atoms with Crippen molar-refractivity contribution in [1.82, 2.24) is 9.97 Å². The van der Waals surface area contributed by atoms with Gasteiger partial charge in [0.1, 0.15) is 5.82 Å². The summed E-state index contributed by atoms with van der Waals surface area (Å²) in [6.07, 6.45) is 0. The van der Waals surface area contributed by atoms with Crippen LogP contribution in [0.5, 0.6) is 11.8 Å². The highest BCUT2D eigenvalue weighted by Gasteiger charge is 2.24. The van der Waals surface area contributed by atoms with Crippen molar-refractivity contribution in [2.24, 2.45) is 5.73 Å². The Hall–Kier alpha value is -1.70. The SMILES string of the molecule is COc1nc(C(C)C)nc(OC)c1N(S)C(N)=O.